The van der Waals surface area contributed by atoms with Crippen molar-refractivity contribution in [2.24, 2.45) is 0 Å². The SMILES string of the molecule is c1ccc(-c2cccc(-c3nc(-c4ccc5cc(-c6ccccc6)ccc5c4)nc(-c4ccc5ccc6sc7ccc8oc(-c9ccccc9)nc8c7c6c5c4)n3)c2)cc1. The van der Waals surface area contributed by atoms with E-state index in [-0.39, 0.29) is 0 Å². The minimum atomic E-state index is 0.607. The summed E-state index contributed by atoms with van der Waals surface area (Å²) in [4.78, 5) is 20.7. The van der Waals surface area contributed by atoms with Gasteiger partial charge in [-0.1, -0.05) is 140 Å². The van der Waals surface area contributed by atoms with Crippen molar-refractivity contribution >= 4 is 64.2 Å². The normalized spacial score (nSPS) is 11.7. The largest absolute Gasteiger partial charge is 0.436 e. The fourth-order valence-electron chi connectivity index (χ4n) is 8.33. The van der Waals surface area contributed by atoms with E-state index < -0.39 is 0 Å². The van der Waals surface area contributed by atoms with Gasteiger partial charge in [-0.3, -0.25) is 0 Å². The second-order valence-electron chi connectivity index (χ2n) is 15.0. The van der Waals surface area contributed by atoms with Crippen LogP contribution in [-0.4, -0.2) is 19.9 Å². The Morgan fingerprint density at radius 1 is 0.333 bits per heavy atom. The maximum atomic E-state index is 6.35. The van der Waals surface area contributed by atoms with E-state index in [1.165, 1.54) is 20.5 Å². The maximum Gasteiger partial charge on any atom is 0.227 e. The Bertz CT molecular complexity index is 3600. The first-order valence-electron chi connectivity index (χ1n) is 19.9. The average Bonchev–Trinajstić information content (AvgIpc) is 3.94. The van der Waals surface area contributed by atoms with Crippen molar-refractivity contribution in [2.45, 2.75) is 0 Å². The van der Waals surface area contributed by atoms with Gasteiger partial charge in [0.1, 0.15) is 5.52 Å². The molecule has 12 aromatic rings. The zero-order chi connectivity index (χ0) is 39.6. The lowest BCUT2D eigenvalue weighted by Crippen LogP contribution is -2.00. The van der Waals surface area contributed by atoms with E-state index in [9.17, 15) is 0 Å². The fraction of sp³-hybridized carbons (Fsp3) is 0. The number of oxazole rings is 1. The summed E-state index contributed by atoms with van der Waals surface area (Å²) >= 11 is 1.77. The lowest BCUT2D eigenvalue weighted by Gasteiger charge is -2.11. The summed E-state index contributed by atoms with van der Waals surface area (Å²) in [5.74, 6) is 2.46. The molecule has 0 fully saturated rings. The highest BCUT2D eigenvalue weighted by atomic mass is 32.1. The number of benzene rings is 9. The first-order chi connectivity index (χ1) is 29.7. The lowest BCUT2D eigenvalue weighted by molar-refractivity contribution is 0.620. The van der Waals surface area contributed by atoms with Crippen LogP contribution in [0, 0.1) is 0 Å². The Hall–Kier alpha value is -7.80. The zero-order valence-corrected chi connectivity index (χ0v) is 32.9. The molecule has 0 amide bonds. The van der Waals surface area contributed by atoms with Crippen LogP contribution < -0.4 is 0 Å². The molecule has 0 aliphatic heterocycles. The molecule has 0 spiro atoms. The lowest BCUT2D eigenvalue weighted by atomic mass is 9.99. The summed E-state index contributed by atoms with van der Waals surface area (Å²) < 4.78 is 8.71. The molecule has 0 saturated carbocycles. The van der Waals surface area contributed by atoms with Crippen molar-refractivity contribution in [1.82, 2.24) is 19.9 Å². The minimum absolute atomic E-state index is 0.607. The van der Waals surface area contributed by atoms with Gasteiger partial charge in [-0.2, -0.15) is 0 Å². The highest BCUT2D eigenvalue weighted by Crippen LogP contribution is 2.43. The van der Waals surface area contributed by atoms with E-state index >= 15 is 0 Å². The smallest absolute Gasteiger partial charge is 0.227 e. The first kappa shape index (κ1) is 34.3. The zero-order valence-electron chi connectivity index (χ0n) is 32.1. The van der Waals surface area contributed by atoms with Crippen LogP contribution in [0.5, 0.6) is 0 Å². The van der Waals surface area contributed by atoms with Crippen LogP contribution in [0.4, 0.5) is 0 Å². The van der Waals surface area contributed by atoms with Gasteiger partial charge in [-0.05, 0) is 98.4 Å². The van der Waals surface area contributed by atoms with Crippen LogP contribution >= 0.6 is 11.3 Å². The van der Waals surface area contributed by atoms with Crippen LogP contribution in [0.15, 0.2) is 199 Å². The average molecular weight is 785 g/mol. The first-order valence-corrected chi connectivity index (χ1v) is 20.8. The van der Waals surface area contributed by atoms with E-state index in [1.807, 2.05) is 48.5 Å². The molecule has 280 valence electrons. The molecule has 0 radical (unpaired) electrons. The second kappa shape index (κ2) is 13.9. The Kier molecular flexibility index (Phi) is 7.96. The van der Waals surface area contributed by atoms with Crippen molar-refractivity contribution in [2.75, 3.05) is 0 Å². The summed E-state index contributed by atoms with van der Waals surface area (Å²) in [5, 5.41) is 6.77. The molecule has 12 rings (SSSR count). The molecule has 9 aromatic carbocycles. The van der Waals surface area contributed by atoms with E-state index in [1.54, 1.807) is 11.3 Å². The third-order valence-electron chi connectivity index (χ3n) is 11.3. The highest BCUT2D eigenvalue weighted by molar-refractivity contribution is 7.26. The number of hydrogen-bond donors (Lipinski definition) is 0. The standard InChI is InChI=1S/C54H32N4OS/c1-4-11-33(12-5-1)37-17-10-18-41(30-37)51-56-52(42-24-22-39-29-38(20-21-40(39)31-42)34-13-6-2-7-14-34)58-53(57-51)43-23-19-35-25-27-46-48(44(35)32-43)49-47(60-46)28-26-45-50(49)55-54(59-45)36-15-8-3-9-16-36/h1-32H. The molecule has 0 aliphatic carbocycles. The molecule has 0 bridgehead atoms. The summed E-state index contributed by atoms with van der Waals surface area (Å²) in [6.45, 7) is 0. The Morgan fingerprint density at radius 3 is 1.50 bits per heavy atom. The van der Waals surface area contributed by atoms with E-state index in [0.29, 0.717) is 23.4 Å². The highest BCUT2D eigenvalue weighted by Gasteiger charge is 2.19. The van der Waals surface area contributed by atoms with Crippen molar-refractivity contribution in [3.05, 3.63) is 194 Å². The van der Waals surface area contributed by atoms with Gasteiger partial charge in [0, 0.05) is 42.4 Å². The molecule has 0 N–H and O–H groups in total. The topological polar surface area (TPSA) is 64.7 Å². The quantitative estimate of drug-likeness (QED) is 0.168. The summed E-state index contributed by atoms with van der Waals surface area (Å²) in [6, 6.07) is 67.6. The molecule has 0 unspecified atom stereocenters. The monoisotopic (exact) mass is 784 g/mol. The van der Waals surface area contributed by atoms with E-state index in [2.05, 4.69) is 146 Å². The van der Waals surface area contributed by atoms with Gasteiger partial charge >= 0.3 is 0 Å². The van der Waals surface area contributed by atoms with Crippen molar-refractivity contribution in [1.29, 1.82) is 0 Å². The van der Waals surface area contributed by atoms with Gasteiger partial charge in [0.15, 0.2) is 23.1 Å². The second-order valence-corrected chi connectivity index (χ2v) is 16.1. The van der Waals surface area contributed by atoms with Crippen LogP contribution in [0.1, 0.15) is 0 Å². The van der Waals surface area contributed by atoms with E-state index in [4.69, 9.17) is 24.4 Å². The fourth-order valence-corrected chi connectivity index (χ4v) is 9.46. The number of fused-ring (bicyclic) bond motifs is 8. The predicted octanol–water partition coefficient (Wildman–Crippen LogP) is 14.7. The number of hydrogen-bond acceptors (Lipinski definition) is 6. The molecule has 5 nitrogen and oxygen atoms in total. The third-order valence-corrected chi connectivity index (χ3v) is 12.4. The number of nitrogens with zero attached hydrogens (tertiary/aromatic N) is 4. The number of thiophene rings is 1. The predicted molar refractivity (Wildman–Crippen MR) is 248 cm³/mol. The van der Waals surface area contributed by atoms with Gasteiger partial charge in [-0.25, -0.2) is 19.9 Å². The molecule has 3 aromatic heterocycles. The van der Waals surface area contributed by atoms with Gasteiger partial charge in [0.05, 0.1) is 0 Å². The molecule has 0 saturated heterocycles. The molecular weight excluding hydrogens is 753 g/mol. The van der Waals surface area contributed by atoms with Crippen LogP contribution in [-0.2, 0) is 0 Å². The molecule has 0 aliphatic rings. The molecular formula is C54H32N4OS. The minimum Gasteiger partial charge on any atom is -0.436 e. The number of rotatable bonds is 6. The Morgan fingerprint density at radius 2 is 0.817 bits per heavy atom. The van der Waals surface area contributed by atoms with Crippen molar-refractivity contribution < 1.29 is 4.42 Å². The van der Waals surface area contributed by atoms with E-state index in [0.717, 1.165) is 76.8 Å². The van der Waals surface area contributed by atoms with Gasteiger partial charge in [0.2, 0.25) is 5.89 Å². The number of aromatic nitrogens is 4. The van der Waals surface area contributed by atoms with Gasteiger partial charge in [-0.15, -0.1) is 11.3 Å². The van der Waals surface area contributed by atoms with Crippen LogP contribution in [0.2, 0.25) is 0 Å². The third kappa shape index (κ3) is 5.93. The molecule has 6 heteroatoms. The van der Waals surface area contributed by atoms with Crippen molar-refractivity contribution in [3.63, 3.8) is 0 Å². The molecule has 60 heavy (non-hydrogen) atoms. The Labute approximate surface area is 348 Å². The van der Waals surface area contributed by atoms with Gasteiger partial charge in [0.25, 0.3) is 0 Å². The van der Waals surface area contributed by atoms with Crippen LogP contribution in [0.25, 0.3) is 121 Å². The molecule has 3 heterocycles. The summed E-state index contributed by atoms with van der Waals surface area (Å²) in [5.41, 5.74) is 9.95. The van der Waals surface area contributed by atoms with Gasteiger partial charge < -0.3 is 4.42 Å². The Balaban J connectivity index is 1.04. The summed E-state index contributed by atoms with van der Waals surface area (Å²) in [6.07, 6.45) is 0. The summed E-state index contributed by atoms with van der Waals surface area (Å²) in [7, 11) is 0. The molecule has 0 atom stereocenters. The maximum absolute atomic E-state index is 6.35. The van der Waals surface area contributed by atoms with Crippen LogP contribution in [0.3, 0.4) is 0 Å². The van der Waals surface area contributed by atoms with Crippen molar-refractivity contribution in [3.8, 4) is 67.9 Å².